The number of carbonyl (C=O) groups excluding carboxylic acids is 1. The Morgan fingerprint density at radius 2 is 1.61 bits per heavy atom. The lowest BCUT2D eigenvalue weighted by Gasteiger charge is -2.61. The molecule has 0 amide bonds. The number of rotatable bonds is 5. The van der Waals surface area contributed by atoms with Gasteiger partial charge in [-0.3, -0.25) is 0 Å². The molecule has 3 saturated carbocycles. The molecule has 0 radical (unpaired) electrons. The summed E-state index contributed by atoms with van der Waals surface area (Å²) < 4.78 is 26.0. The summed E-state index contributed by atoms with van der Waals surface area (Å²) in [4.78, 5) is 13.0. The van der Waals surface area contributed by atoms with Crippen LogP contribution in [0.25, 0.3) is 0 Å². The van der Waals surface area contributed by atoms with Gasteiger partial charge in [0.25, 0.3) is 0 Å². The first-order valence-electron chi connectivity index (χ1n) is 15.3. The van der Waals surface area contributed by atoms with E-state index in [1.54, 1.807) is 37.3 Å². The van der Waals surface area contributed by atoms with Crippen molar-refractivity contribution >= 4 is 5.97 Å². The molecule has 0 aromatic heterocycles. The molecule has 2 aromatic carbocycles. The molecule has 2 aliphatic heterocycles. The maximum absolute atomic E-state index is 13.0. The molecule has 3 bridgehead atoms. The lowest BCUT2D eigenvalue weighted by Crippen LogP contribution is -2.73. The largest absolute Gasteiger partial charge is 0.459 e. The Morgan fingerprint density at radius 3 is 2.25 bits per heavy atom. The topological polar surface area (TPSA) is 155 Å². The Hall–Kier alpha value is -2.67. The van der Waals surface area contributed by atoms with Crippen molar-refractivity contribution in [3.05, 3.63) is 83.9 Å². The minimum Gasteiger partial charge on any atom is -0.459 e. The van der Waals surface area contributed by atoms with E-state index in [0.29, 0.717) is 17.6 Å². The second-order valence-electron chi connectivity index (χ2n) is 13.7. The van der Waals surface area contributed by atoms with Gasteiger partial charge in [0.2, 0.25) is 0 Å². The number of ether oxygens (including phenoxy) is 4. The van der Waals surface area contributed by atoms with Gasteiger partial charge < -0.3 is 44.5 Å². The zero-order valence-electron chi connectivity index (χ0n) is 25.0. The lowest BCUT2D eigenvalue weighted by atomic mass is 9.53. The number of aliphatic hydroxyl groups is 5. The van der Waals surface area contributed by atoms with Crippen LogP contribution in [0.15, 0.2) is 72.8 Å². The highest BCUT2D eigenvalue weighted by molar-refractivity contribution is 5.89. The zero-order valence-corrected chi connectivity index (χ0v) is 25.0. The predicted octanol–water partition coefficient (Wildman–Crippen LogP) is 2.02. The van der Waals surface area contributed by atoms with Crippen LogP contribution in [0.2, 0.25) is 0 Å². The molecule has 3 unspecified atom stereocenters. The zero-order chi connectivity index (χ0) is 31.4. The lowest BCUT2D eigenvalue weighted by molar-refractivity contribution is -0.446. The number of aliphatic hydroxyl groups excluding tert-OH is 3. The Kier molecular flexibility index (Phi) is 6.59. The number of hydrogen-bond donors (Lipinski definition) is 5. The van der Waals surface area contributed by atoms with Crippen molar-refractivity contribution in [3.8, 4) is 0 Å². The van der Waals surface area contributed by atoms with Crippen LogP contribution in [0.1, 0.15) is 49.5 Å². The smallest absolute Gasteiger partial charge is 0.338 e. The van der Waals surface area contributed by atoms with Crippen molar-refractivity contribution < 1.29 is 49.3 Å². The fraction of sp³-hybridized carbons (Fsp3) is 0.559. The minimum absolute atomic E-state index is 0.200. The molecule has 5 fully saturated rings. The Morgan fingerprint density at radius 1 is 0.977 bits per heavy atom. The van der Waals surface area contributed by atoms with Crippen LogP contribution in [-0.4, -0.2) is 84.9 Å². The van der Waals surface area contributed by atoms with Gasteiger partial charge >= 0.3 is 11.9 Å². The molecular formula is C34H40O10. The molecular weight excluding hydrogens is 568 g/mol. The van der Waals surface area contributed by atoms with Gasteiger partial charge in [-0.1, -0.05) is 69.0 Å². The van der Waals surface area contributed by atoms with Gasteiger partial charge in [0.05, 0.1) is 23.4 Å². The van der Waals surface area contributed by atoms with E-state index in [2.05, 4.69) is 6.58 Å². The maximum Gasteiger partial charge on any atom is 0.338 e. The van der Waals surface area contributed by atoms with Crippen LogP contribution < -0.4 is 0 Å². The first-order chi connectivity index (χ1) is 20.8. The number of esters is 1. The quantitative estimate of drug-likeness (QED) is 0.252. The second kappa shape index (κ2) is 9.67. The monoisotopic (exact) mass is 608 g/mol. The summed E-state index contributed by atoms with van der Waals surface area (Å²) in [6.45, 7) is 8.85. The molecule has 0 spiro atoms. The van der Waals surface area contributed by atoms with Crippen molar-refractivity contribution in [1.82, 2.24) is 0 Å². The standard InChI is InChI=1S/C34H40O10/c1-18(2)31-16-20(4)33-23-15-19(3)25(35)32(23,40)29(38)30(39,17-41-28(37)21-11-7-5-8-12-21)26(36)24(33)27(31)42-34(43-31,44-33)22-13-9-6-10-14-22/h5-14,19-20,23-27,29,35-36,38-40H,1,15-17H2,2-4H3/t19-,20+,23?,24?,25-,26-,27+,29+,30-,31+,32+,33?,34+/m0/s1. The second-order valence-corrected chi connectivity index (χ2v) is 13.7. The van der Waals surface area contributed by atoms with E-state index in [0.717, 1.165) is 0 Å². The molecule has 7 rings (SSSR count). The van der Waals surface area contributed by atoms with Gasteiger partial charge in [-0.25, -0.2) is 4.79 Å². The van der Waals surface area contributed by atoms with E-state index in [1.807, 2.05) is 32.0 Å². The van der Waals surface area contributed by atoms with Crippen molar-refractivity contribution in [2.75, 3.05) is 6.61 Å². The van der Waals surface area contributed by atoms with E-state index in [4.69, 9.17) is 18.9 Å². The molecule has 236 valence electrons. The summed E-state index contributed by atoms with van der Waals surface area (Å²) >= 11 is 0. The van der Waals surface area contributed by atoms with Crippen molar-refractivity contribution in [2.24, 2.45) is 23.7 Å². The molecule has 2 aromatic rings. The summed E-state index contributed by atoms with van der Waals surface area (Å²) in [6, 6.07) is 17.2. The average Bonchev–Trinajstić information content (AvgIpc) is 3.38. The van der Waals surface area contributed by atoms with Crippen LogP contribution in [0.3, 0.4) is 0 Å². The van der Waals surface area contributed by atoms with Crippen LogP contribution in [0.4, 0.5) is 0 Å². The number of hydrogen-bond acceptors (Lipinski definition) is 10. The average molecular weight is 609 g/mol. The molecule has 13 atom stereocenters. The molecule has 10 nitrogen and oxygen atoms in total. The SMILES string of the molecule is C=C(C)[C@]12C[C@@H](C)C34O[C@](c5ccccc5)(O[C@@H]1C3[C@H](O)[C@@](O)(COC(=O)c1ccccc1)[C@@H](O)[C@@]1(O)C4C[C@H](C)[C@@H]1O)O2. The number of carbonyl (C=O) groups is 1. The van der Waals surface area contributed by atoms with Crippen LogP contribution in [-0.2, 0) is 24.9 Å². The fourth-order valence-corrected chi connectivity index (χ4v) is 9.25. The van der Waals surface area contributed by atoms with Crippen LogP contribution in [0, 0.1) is 23.7 Å². The van der Waals surface area contributed by atoms with Gasteiger partial charge in [-0.2, -0.15) is 0 Å². The predicted molar refractivity (Wildman–Crippen MR) is 155 cm³/mol. The third-order valence-corrected chi connectivity index (χ3v) is 11.4. The van der Waals surface area contributed by atoms with Gasteiger partial charge in [0, 0.05) is 17.4 Å². The first kappa shape index (κ1) is 30.0. The third kappa shape index (κ3) is 3.56. The van der Waals surface area contributed by atoms with Crippen molar-refractivity contribution in [3.63, 3.8) is 0 Å². The summed E-state index contributed by atoms with van der Waals surface area (Å²) in [5.74, 6) is -5.59. The highest BCUT2D eigenvalue weighted by Crippen LogP contribution is 2.72. The van der Waals surface area contributed by atoms with E-state index >= 15 is 0 Å². The Bertz CT molecular complexity index is 1470. The highest BCUT2D eigenvalue weighted by atomic mass is 16.9. The maximum atomic E-state index is 13.0. The normalized spacial score (nSPS) is 48.7. The summed E-state index contributed by atoms with van der Waals surface area (Å²) in [7, 11) is 0. The Labute approximate surface area is 255 Å². The van der Waals surface area contributed by atoms with E-state index < -0.39 is 89.0 Å². The van der Waals surface area contributed by atoms with Gasteiger partial charge in [0.15, 0.2) is 5.60 Å². The molecule has 2 heterocycles. The molecule has 3 aliphatic carbocycles. The third-order valence-electron chi connectivity index (χ3n) is 11.4. The van der Waals surface area contributed by atoms with E-state index in [1.165, 1.54) is 12.1 Å². The van der Waals surface area contributed by atoms with Gasteiger partial charge in [-0.05, 0) is 49.3 Å². The molecule has 5 N–H and O–H groups in total. The molecule has 5 aliphatic rings. The number of benzene rings is 2. The van der Waals surface area contributed by atoms with Crippen molar-refractivity contribution in [2.45, 2.75) is 86.4 Å². The van der Waals surface area contributed by atoms with Gasteiger partial charge in [-0.15, -0.1) is 0 Å². The fourth-order valence-electron chi connectivity index (χ4n) is 9.25. The van der Waals surface area contributed by atoms with Crippen LogP contribution in [0.5, 0.6) is 0 Å². The van der Waals surface area contributed by atoms with E-state index in [-0.39, 0.29) is 12.0 Å². The van der Waals surface area contributed by atoms with Crippen molar-refractivity contribution in [1.29, 1.82) is 0 Å². The Balaban J connectivity index is 1.42. The molecule has 2 saturated heterocycles. The van der Waals surface area contributed by atoms with E-state index in [9.17, 15) is 30.3 Å². The molecule has 44 heavy (non-hydrogen) atoms. The minimum atomic E-state index is -2.64. The number of fused-ring (bicyclic) bond motifs is 2. The summed E-state index contributed by atoms with van der Waals surface area (Å²) in [5.41, 5.74) is -6.27. The highest BCUT2D eigenvalue weighted by Gasteiger charge is 2.85. The van der Waals surface area contributed by atoms with Crippen LogP contribution >= 0.6 is 0 Å². The van der Waals surface area contributed by atoms with Gasteiger partial charge in [0.1, 0.15) is 30.0 Å². The first-order valence-corrected chi connectivity index (χ1v) is 15.3. The molecule has 10 heteroatoms. The summed E-state index contributed by atoms with van der Waals surface area (Å²) in [5, 5.41) is 60.8. The summed E-state index contributed by atoms with van der Waals surface area (Å²) in [6.07, 6.45) is -5.89.